The second kappa shape index (κ2) is 6.78. The van der Waals surface area contributed by atoms with E-state index in [4.69, 9.17) is 9.40 Å². The predicted molar refractivity (Wildman–Crippen MR) is 121 cm³/mol. The Kier molecular flexibility index (Phi) is 4.01. The fourth-order valence-electron chi connectivity index (χ4n) is 4.79. The molecule has 156 valence electrons. The molecular formula is C24H23N5O2. The van der Waals surface area contributed by atoms with Crippen molar-refractivity contribution in [1.29, 1.82) is 0 Å². The van der Waals surface area contributed by atoms with Crippen molar-refractivity contribution in [2.24, 2.45) is 0 Å². The van der Waals surface area contributed by atoms with Crippen LogP contribution in [0.15, 0.2) is 64.0 Å². The van der Waals surface area contributed by atoms with Crippen molar-refractivity contribution in [3.63, 3.8) is 0 Å². The van der Waals surface area contributed by atoms with Crippen molar-refractivity contribution in [2.75, 3.05) is 31.1 Å². The van der Waals surface area contributed by atoms with E-state index in [9.17, 15) is 4.79 Å². The fourth-order valence-corrected chi connectivity index (χ4v) is 4.79. The van der Waals surface area contributed by atoms with Crippen molar-refractivity contribution in [3.05, 3.63) is 71.0 Å². The van der Waals surface area contributed by atoms with Gasteiger partial charge in [0.1, 0.15) is 11.2 Å². The Labute approximate surface area is 179 Å². The molecule has 0 amide bonds. The highest BCUT2D eigenvalue weighted by atomic mass is 16.3. The smallest absolute Gasteiger partial charge is 0.258 e. The van der Waals surface area contributed by atoms with Crippen molar-refractivity contribution in [3.8, 4) is 11.3 Å². The first kappa shape index (κ1) is 18.3. The van der Waals surface area contributed by atoms with Crippen LogP contribution in [-0.4, -0.2) is 51.5 Å². The van der Waals surface area contributed by atoms with Gasteiger partial charge in [0, 0.05) is 57.0 Å². The van der Waals surface area contributed by atoms with Gasteiger partial charge in [-0.1, -0.05) is 18.2 Å². The largest absolute Gasteiger partial charge is 0.441 e. The zero-order chi connectivity index (χ0) is 21.1. The number of aromatic nitrogens is 3. The Balaban J connectivity index is 1.36. The van der Waals surface area contributed by atoms with Gasteiger partial charge in [-0.2, -0.15) is 0 Å². The topological polar surface area (TPSA) is 66.9 Å². The van der Waals surface area contributed by atoms with Crippen molar-refractivity contribution in [1.82, 2.24) is 19.3 Å². The van der Waals surface area contributed by atoms with E-state index in [0.29, 0.717) is 28.9 Å². The molecule has 4 aromatic rings. The number of oxazole rings is 1. The minimum absolute atomic E-state index is 0.0976. The lowest BCUT2D eigenvalue weighted by Gasteiger charge is -2.39. The number of aryl methyl sites for hydroxylation is 1. The molecule has 5 heterocycles. The summed E-state index contributed by atoms with van der Waals surface area (Å²) in [5.74, 6) is 0.619. The van der Waals surface area contributed by atoms with E-state index in [1.54, 1.807) is 10.5 Å². The van der Waals surface area contributed by atoms with Crippen LogP contribution in [0, 0.1) is 6.92 Å². The molecule has 0 saturated carbocycles. The SMILES string of the molecule is C=C1CCN2CCN(c3ccc4nc(-c5ccc6nc(C)oc6c5)cc(=O)n4c3)CC12. The number of rotatable bonds is 2. The molecule has 0 bridgehead atoms. The average Bonchev–Trinajstić information content (AvgIpc) is 3.34. The number of anilines is 1. The molecule has 31 heavy (non-hydrogen) atoms. The van der Waals surface area contributed by atoms with E-state index in [2.05, 4.69) is 27.4 Å². The van der Waals surface area contributed by atoms with E-state index in [1.807, 2.05) is 37.4 Å². The number of piperazine rings is 1. The Hall–Kier alpha value is -3.45. The molecule has 1 unspecified atom stereocenters. The summed E-state index contributed by atoms with van der Waals surface area (Å²) in [6.07, 6.45) is 2.99. The lowest BCUT2D eigenvalue weighted by atomic mass is 10.1. The molecule has 2 aliphatic rings. The average molecular weight is 413 g/mol. The van der Waals surface area contributed by atoms with E-state index in [1.165, 1.54) is 5.57 Å². The van der Waals surface area contributed by atoms with Gasteiger partial charge in [-0.3, -0.25) is 14.1 Å². The number of hydrogen-bond donors (Lipinski definition) is 0. The Bertz CT molecular complexity index is 1400. The third kappa shape index (κ3) is 3.04. The molecule has 3 aromatic heterocycles. The van der Waals surface area contributed by atoms with Gasteiger partial charge in [0.25, 0.3) is 5.56 Å². The minimum Gasteiger partial charge on any atom is -0.441 e. The van der Waals surface area contributed by atoms with Gasteiger partial charge >= 0.3 is 0 Å². The maximum atomic E-state index is 13.0. The summed E-state index contributed by atoms with van der Waals surface area (Å²) in [5, 5.41) is 0. The summed E-state index contributed by atoms with van der Waals surface area (Å²) < 4.78 is 7.26. The van der Waals surface area contributed by atoms with Gasteiger partial charge in [-0.15, -0.1) is 0 Å². The van der Waals surface area contributed by atoms with Gasteiger partial charge in [0.2, 0.25) is 0 Å². The molecule has 7 heteroatoms. The predicted octanol–water partition coefficient (Wildman–Crippen LogP) is 3.26. The quantitative estimate of drug-likeness (QED) is 0.470. The molecule has 0 spiro atoms. The maximum Gasteiger partial charge on any atom is 0.258 e. The zero-order valence-electron chi connectivity index (χ0n) is 17.4. The fraction of sp³-hybridized carbons (Fsp3) is 0.292. The minimum atomic E-state index is -0.0976. The molecule has 1 aromatic carbocycles. The Morgan fingerprint density at radius 3 is 2.90 bits per heavy atom. The maximum absolute atomic E-state index is 13.0. The van der Waals surface area contributed by atoms with Gasteiger partial charge in [0.05, 0.1) is 11.4 Å². The molecule has 2 aliphatic heterocycles. The summed E-state index contributed by atoms with van der Waals surface area (Å²) in [6.45, 7) is 10.1. The van der Waals surface area contributed by atoms with Crippen LogP contribution >= 0.6 is 0 Å². The summed E-state index contributed by atoms with van der Waals surface area (Å²) in [4.78, 5) is 26.9. The van der Waals surface area contributed by atoms with Crippen LogP contribution in [-0.2, 0) is 0 Å². The van der Waals surface area contributed by atoms with Crippen LogP contribution in [0.3, 0.4) is 0 Å². The number of benzene rings is 1. The Morgan fingerprint density at radius 2 is 2.00 bits per heavy atom. The zero-order valence-corrected chi connectivity index (χ0v) is 17.4. The summed E-state index contributed by atoms with van der Waals surface area (Å²) in [6, 6.07) is 11.7. The first-order valence-electron chi connectivity index (χ1n) is 10.6. The van der Waals surface area contributed by atoms with Crippen LogP contribution in [0.25, 0.3) is 28.0 Å². The van der Waals surface area contributed by atoms with Gasteiger partial charge in [0.15, 0.2) is 11.5 Å². The summed E-state index contributed by atoms with van der Waals surface area (Å²) in [5.41, 5.74) is 5.85. The van der Waals surface area contributed by atoms with Crippen molar-refractivity contribution in [2.45, 2.75) is 19.4 Å². The van der Waals surface area contributed by atoms with E-state index < -0.39 is 0 Å². The molecule has 6 rings (SSSR count). The highest BCUT2D eigenvalue weighted by Gasteiger charge is 2.33. The number of nitrogens with zero attached hydrogens (tertiary/aromatic N) is 5. The van der Waals surface area contributed by atoms with E-state index >= 15 is 0 Å². The molecule has 1 atom stereocenters. The molecule has 0 aliphatic carbocycles. The van der Waals surface area contributed by atoms with Crippen LogP contribution in [0.4, 0.5) is 5.69 Å². The lowest BCUT2D eigenvalue weighted by molar-refractivity contribution is 0.245. The highest BCUT2D eigenvalue weighted by Crippen LogP contribution is 2.29. The second-order valence-electron chi connectivity index (χ2n) is 8.42. The van der Waals surface area contributed by atoms with Gasteiger partial charge in [-0.25, -0.2) is 9.97 Å². The third-order valence-electron chi connectivity index (χ3n) is 6.48. The normalized spacial score (nSPS) is 19.5. The third-order valence-corrected chi connectivity index (χ3v) is 6.48. The van der Waals surface area contributed by atoms with Gasteiger partial charge < -0.3 is 9.32 Å². The monoisotopic (exact) mass is 413 g/mol. The molecular weight excluding hydrogens is 390 g/mol. The van der Waals surface area contributed by atoms with Crippen molar-refractivity contribution >= 4 is 22.4 Å². The highest BCUT2D eigenvalue weighted by molar-refractivity contribution is 5.79. The molecule has 0 N–H and O–H groups in total. The molecule has 7 nitrogen and oxygen atoms in total. The molecule has 2 saturated heterocycles. The summed E-state index contributed by atoms with van der Waals surface area (Å²) in [7, 11) is 0. The van der Waals surface area contributed by atoms with Crippen LogP contribution < -0.4 is 10.5 Å². The van der Waals surface area contributed by atoms with Crippen LogP contribution in [0.5, 0.6) is 0 Å². The standard InChI is InChI=1S/C24H23N5O2/c1-15-7-8-27-9-10-28(14-21(15)27)18-4-6-23-26-20(12-24(30)29(23)13-18)17-3-5-19-22(11-17)31-16(2)25-19/h3-6,11-13,21H,1,7-10,14H2,2H3. The van der Waals surface area contributed by atoms with Crippen molar-refractivity contribution < 1.29 is 4.42 Å². The first-order valence-corrected chi connectivity index (χ1v) is 10.6. The van der Waals surface area contributed by atoms with E-state index in [0.717, 1.165) is 49.4 Å². The second-order valence-corrected chi connectivity index (χ2v) is 8.42. The van der Waals surface area contributed by atoms with E-state index in [-0.39, 0.29) is 5.56 Å². The summed E-state index contributed by atoms with van der Waals surface area (Å²) >= 11 is 0. The first-order chi connectivity index (χ1) is 15.0. The van der Waals surface area contributed by atoms with Gasteiger partial charge in [-0.05, 0) is 30.7 Å². The number of hydrogen-bond acceptors (Lipinski definition) is 6. The lowest BCUT2D eigenvalue weighted by Crippen LogP contribution is -2.50. The molecule has 0 radical (unpaired) electrons. The number of pyridine rings is 1. The number of fused-ring (bicyclic) bond motifs is 3. The Morgan fingerprint density at radius 1 is 1.10 bits per heavy atom. The van der Waals surface area contributed by atoms with Crippen LogP contribution in [0.1, 0.15) is 12.3 Å². The molecule has 2 fully saturated rings. The van der Waals surface area contributed by atoms with Crippen LogP contribution in [0.2, 0.25) is 0 Å².